The number of aromatic nitrogens is 3. The van der Waals surface area contributed by atoms with Gasteiger partial charge in [0.2, 0.25) is 0 Å². The van der Waals surface area contributed by atoms with Gasteiger partial charge in [0.1, 0.15) is 0 Å². The van der Waals surface area contributed by atoms with Crippen molar-refractivity contribution in [1.82, 2.24) is 14.8 Å². The van der Waals surface area contributed by atoms with E-state index in [2.05, 4.69) is 15.4 Å². The van der Waals surface area contributed by atoms with Crippen LogP contribution in [-0.2, 0) is 16.1 Å². The van der Waals surface area contributed by atoms with Crippen molar-refractivity contribution in [3.05, 3.63) is 93.6 Å². The third-order valence-electron chi connectivity index (χ3n) is 4.80. The molecule has 4 rings (SSSR count). The van der Waals surface area contributed by atoms with Crippen LogP contribution in [0.3, 0.4) is 0 Å². The molecule has 0 radical (unpaired) electrons. The Balaban J connectivity index is 1.34. The number of nitrogens with zero attached hydrogens (tertiary/aromatic N) is 4. The van der Waals surface area contributed by atoms with Gasteiger partial charge in [-0.1, -0.05) is 42.5 Å². The minimum atomic E-state index is -1.07. The number of hydrogen-bond acceptors (Lipinski definition) is 8. The van der Waals surface area contributed by atoms with Crippen LogP contribution in [0, 0.1) is 10.1 Å². The fourth-order valence-electron chi connectivity index (χ4n) is 3.06. The number of benzene rings is 2. The maximum absolute atomic E-state index is 12.5. The monoisotopic (exact) mass is 477 g/mol. The van der Waals surface area contributed by atoms with Crippen LogP contribution in [0.4, 0.5) is 10.8 Å². The molecule has 1 atom stereocenters. The van der Waals surface area contributed by atoms with E-state index in [9.17, 15) is 19.7 Å². The number of carbonyl (C=O) groups excluding carboxylic acids is 2. The number of amides is 1. The molecule has 0 aliphatic heterocycles. The number of anilines is 1. The number of esters is 1. The zero-order chi connectivity index (χ0) is 24.1. The highest BCUT2D eigenvalue weighted by Crippen LogP contribution is 2.27. The van der Waals surface area contributed by atoms with Crippen molar-refractivity contribution in [3.8, 4) is 11.3 Å². The van der Waals surface area contributed by atoms with E-state index in [4.69, 9.17) is 4.74 Å². The average molecular weight is 478 g/mol. The van der Waals surface area contributed by atoms with Crippen LogP contribution in [0.1, 0.15) is 22.8 Å². The predicted octanol–water partition coefficient (Wildman–Crippen LogP) is 4.15. The lowest BCUT2D eigenvalue weighted by Gasteiger charge is -2.11. The predicted molar refractivity (Wildman–Crippen MR) is 125 cm³/mol. The van der Waals surface area contributed by atoms with Gasteiger partial charge in [-0.15, -0.1) is 11.3 Å². The van der Waals surface area contributed by atoms with E-state index >= 15 is 0 Å². The van der Waals surface area contributed by atoms with Crippen molar-refractivity contribution in [2.24, 2.45) is 0 Å². The fraction of sp³-hybridized carbons (Fsp3) is 0.130. The van der Waals surface area contributed by atoms with Gasteiger partial charge in [-0.2, -0.15) is 5.10 Å². The summed E-state index contributed by atoms with van der Waals surface area (Å²) in [5.74, 6) is -1.22. The first-order valence-corrected chi connectivity index (χ1v) is 11.1. The molecule has 0 spiro atoms. The lowest BCUT2D eigenvalue weighted by Crippen LogP contribution is -2.29. The van der Waals surface area contributed by atoms with Crippen LogP contribution < -0.4 is 5.32 Å². The topological polar surface area (TPSA) is 129 Å². The first-order valence-electron chi connectivity index (χ1n) is 10.2. The summed E-state index contributed by atoms with van der Waals surface area (Å²) >= 11 is 1.16. The van der Waals surface area contributed by atoms with Gasteiger partial charge in [0.25, 0.3) is 11.6 Å². The van der Waals surface area contributed by atoms with Crippen molar-refractivity contribution in [2.45, 2.75) is 19.6 Å². The van der Waals surface area contributed by atoms with Crippen molar-refractivity contribution in [3.63, 3.8) is 0 Å². The summed E-state index contributed by atoms with van der Waals surface area (Å²) in [5.41, 5.74) is 2.25. The van der Waals surface area contributed by atoms with Gasteiger partial charge in [-0.3, -0.25) is 24.9 Å². The lowest BCUT2D eigenvalue weighted by atomic mass is 10.1. The normalized spacial score (nSPS) is 11.6. The summed E-state index contributed by atoms with van der Waals surface area (Å²) in [6, 6.07) is 15.7. The Morgan fingerprint density at radius 2 is 2.00 bits per heavy atom. The first kappa shape index (κ1) is 22.8. The molecule has 1 amide bonds. The van der Waals surface area contributed by atoms with Gasteiger partial charge in [-0.25, -0.2) is 9.78 Å². The first-order chi connectivity index (χ1) is 16.4. The van der Waals surface area contributed by atoms with E-state index in [0.29, 0.717) is 17.8 Å². The van der Waals surface area contributed by atoms with Crippen LogP contribution in [-0.4, -0.2) is 37.7 Å². The van der Waals surface area contributed by atoms with Gasteiger partial charge in [-0.05, 0) is 12.5 Å². The van der Waals surface area contributed by atoms with Crippen LogP contribution in [0.15, 0.2) is 72.4 Å². The molecule has 2 heterocycles. The summed E-state index contributed by atoms with van der Waals surface area (Å²) in [7, 11) is 0. The Morgan fingerprint density at radius 3 is 2.76 bits per heavy atom. The van der Waals surface area contributed by atoms with E-state index in [1.54, 1.807) is 28.4 Å². The highest BCUT2D eigenvalue weighted by atomic mass is 32.1. The molecule has 0 aliphatic carbocycles. The standard InChI is InChI=1S/C23H19N5O5S/c1-15(33-22(30)18-11-24-27(13-18)12-16-6-3-2-4-7-16)21(29)26-23-25-20(14-34-23)17-8-5-9-19(10-17)28(31)32/h2-11,13-15H,12H2,1H3,(H,25,26,29). The van der Waals surface area contributed by atoms with Gasteiger partial charge in [0.05, 0.1) is 28.9 Å². The van der Waals surface area contributed by atoms with Crippen LogP contribution >= 0.6 is 11.3 Å². The molecule has 0 fully saturated rings. The zero-order valence-corrected chi connectivity index (χ0v) is 18.8. The second kappa shape index (κ2) is 10.0. The Labute approximate surface area is 198 Å². The molecular formula is C23H19N5O5S. The van der Waals surface area contributed by atoms with E-state index in [1.165, 1.54) is 25.3 Å². The number of nitro benzene ring substituents is 1. The van der Waals surface area contributed by atoms with E-state index in [1.807, 2.05) is 30.3 Å². The second-order valence-corrected chi connectivity index (χ2v) is 8.15. The molecule has 0 bridgehead atoms. The van der Waals surface area contributed by atoms with Gasteiger partial charge in [0.15, 0.2) is 11.2 Å². The number of thiazole rings is 1. The molecule has 34 heavy (non-hydrogen) atoms. The van der Waals surface area contributed by atoms with Crippen molar-refractivity contribution in [1.29, 1.82) is 0 Å². The number of rotatable bonds is 8. The summed E-state index contributed by atoms with van der Waals surface area (Å²) < 4.78 is 6.88. The molecule has 1 unspecified atom stereocenters. The molecule has 2 aromatic heterocycles. The maximum Gasteiger partial charge on any atom is 0.342 e. The van der Waals surface area contributed by atoms with E-state index in [0.717, 1.165) is 16.9 Å². The molecule has 0 saturated carbocycles. The van der Waals surface area contributed by atoms with Gasteiger partial charge in [0, 0.05) is 29.3 Å². The fourth-order valence-corrected chi connectivity index (χ4v) is 3.78. The Hall–Kier alpha value is -4.38. The molecule has 0 aliphatic rings. The quantitative estimate of drug-likeness (QED) is 0.229. The second-order valence-electron chi connectivity index (χ2n) is 7.29. The lowest BCUT2D eigenvalue weighted by molar-refractivity contribution is -0.384. The smallest absolute Gasteiger partial charge is 0.342 e. The van der Waals surface area contributed by atoms with Crippen LogP contribution in [0.25, 0.3) is 11.3 Å². The SMILES string of the molecule is CC(OC(=O)c1cnn(Cc2ccccc2)c1)C(=O)Nc1nc(-c2cccc([N+](=O)[O-])c2)cs1. The molecule has 0 saturated heterocycles. The zero-order valence-electron chi connectivity index (χ0n) is 18.0. The van der Waals surface area contributed by atoms with Crippen molar-refractivity contribution >= 4 is 34.0 Å². The summed E-state index contributed by atoms with van der Waals surface area (Å²) in [5, 5.41) is 19.7. The van der Waals surface area contributed by atoms with Gasteiger partial charge < -0.3 is 4.74 Å². The van der Waals surface area contributed by atoms with Crippen LogP contribution in [0.2, 0.25) is 0 Å². The third kappa shape index (κ3) is 5.51. The number of nitro groups is 1. The minimum Gasteiger partial charge on any atom is -0.449 e. The van der Waals surface area contributed by atoms with E-state index < -0.39 is 22.9 Å². The number of nitrogens with one attached hydrogen (secondary N) is 1. The summed E-state index contributed by atoms with van der Waals surface area (Å²) in [6.07, 6.45) is 1.88. The highest BCUT2D eigenvalue weighted by molar-refractivity contribution is 7.14. The largest absolute Gasteiger partial charge is 0.449 e. The molecule has 10 nitrogen and oxygen atoms in total. The molecule has 1 N–H and O–H groups in total. The maximum atomic E-state index is 12.5. The molecular weight excluding hydrogens is 458 g/mol. The van der Waals surface area contributed by atoms with Gasteiger partial charge >= 0.3 is 5.97 Å². The molecule has 4 aromatic rings. The summed E-state index contributed by atoms with van der Waals surface area (Å²) in [4.78, 5) is 39.7. The van der Waals surface area contributed by atoms with Crippen molar-refractivity contribution < 1.29 is 19.2 Å². The number of hydrogen-bond donors (Lipinski definition) is 1. The Bertz CT molecular complexity index is 1330. The van der Waals surface area contributed by atoms with Crippen molar-refractivity contribution in [2.75, 3.05) is 5.32 Å². The molecule has 2 aromatic carbocycles. The number of carbonyl (C=O) groups is 2. The van der Waals surface area contributed by atoms with Crippen LogP contribution in [0.5, 0.6) is 0 Å². The number of ether oxygens (including phenoxy) is 1. The third-order valence-corrected chi connectivity index (χ3v) is 5.55. The number of non-ortho nitro benzene ring substituents is 1. The Kier molecular flexibility index (Phi) is 6.74. The van der Waals surface area contributed by atoms with E-state index in [-0.39, 0.29) is 16.4 Å². The highest BCUT2D eigenvalue weighted by Gasteiger charge is 2.21. The summed E-state index contributed by atoms with van der Waals surface area (Å²) in [6.45, 7) is 1.96. The Morgan fingerprint density at radius 1 is 1.21 bits per heavy atom. The minimum absolute atomic E-state index is 0.0521. The average Bonchev–Trinajstić information content (AvgIpc) is 3.50. The molecule has 11 heteroatoms. The molecule has 172 valence electrons.